The number of anilines is 1. The first kappa shape index (κ1) is 19.2. The Balaban J connectivity index is 1.59. The third kappa shape index (κ3) is 4.42. The van der Waals surface area contributed by atoms with Gasteiger partial charge >= 0.3 is 5.97 Å². The van der Waals surface area contributed by atoms with Crippen molar-refractivity contribution < 1.29 is 23.5 Å². The molecule has 3 heterocycles. The Bertz CT molecular complexity index is 845. The number of nitrogens with one attached hydrogen (secondary N) is 1. The lowest BCUT2D eigenvalue weighted by Crippen LogP contribution is -2.43. The Morgan fingerprint density at radius 3 is 2.89 bits per heavy atom. The van der Waals surface area contributed by atoms with Crippen LogP contribution in [0.2, 0.25) is 5.15 Å². The summed E-state index contributed by atoms with van der Waals surface area (Å²) in [4.78, 5) is 41.7. The molecule has 2 atom stereocenters. The standard InChI is InChI=1S/C17H16ClN3O5S/c1-10(22)21-12(9-27-16(21)13-5-3-7-25-13)17(24)26-8-14(23)20-11-4-2-6-19-15(11)18/h2-7,12,16H,8-9H2,1H3,(H,20,23)/t12-,16-/m1/s1. The largest absolute Gasteiger partial charge is 0.466 e. The van der Waals surface area contributed by atoms with Gasteiger partial charge in [-0.2, -0.15) is 0 Å². The zero-order valence-corrected chi connectivity index (χ0v) is 15.8. The predicted molar refractivity (Wildman–Crippen MR) is 99.1 cm³/mol. The lowest BCUT2D eigenvalue weighted by Gasteiger charge is -2.25. The van der Waals surface area contributed by atoms with Gasteiger partial charge in [0, 0.05) is 18.9 Å². The molecule has 0 spiro atoms. The lowest BCUT2D eigenvalue weighted by atomic mass is 10.2. The van der Waals surface area contributed by atoms with E-state index in [-0.39, 0.29) is 11.1 Å². The first-order valence-corrected chi connectivity index (χ1v) is 9.41. The zero-order chi connectivity index (χ0) is 19.4. The predicted octanol–water partition coefficient (Wildman–Crippen LogP) is 2.47. The van der Waals surface area contributed by atoms with Crippen LogP contribution in [0.1, 0.15) is 18.1 Å². The van der Waals surface area contributed by atoms with Crippen molar-refractivity contribution in [1.82, 2.24) is 9.88 Å². The van der Waals surface area contributed by atoms with Crippen LogP contribution < -0.4 is 5.32 Å². The monoisotopic (exact) mass is 409 g/mol. The Morgan fingerprint density at radius 1 is 1.41 bits per heavy atom. The minimum Gasteiger partial charge on any atom is -0.466 e. The number of furan rings is 1. The molecular weight excluding hydrogens is 394 g/mol. The van der Waals surface area contributed by atoms with Crippen molar-refractivity contribution in [2.24, 2.45) is 0 Å². The van der Waals surface area contributed by atoms with E-state index in [2.05, 4.69) is 10.3 Å². The molecule has 0 saturated carbocycles. The van der Waals surface area contributed by atoms with Gasteiger partial charge < -0.3 is 19.4 Å². The molecule has 1 aliphatic rings. The highest BCUT2D eigenvalue weighted by atomic mass is 35.5. The highest BCUT2D eigenvalue weighted by molar-refractivity contribution is 7.99. The molecule has 0 bridgehead atoms. The number of ether oxygens (including phenoxy) is 1. The Hall–Kier alpha value is -2.52. The van der Waals surface area contributed by atoms with Crippen molar-refractivity contribution >= 4 is 46.8 Å². The summed E-state index contributed by atoms with van der Waals surface area (Å²) in [5.74, 6) is -0.565. The summed E-state index contributed by atoms with van der Waals surface area (Å²) in [6, 6.07) is 5.86. The summed E-state index contributed by atoms with van der Waals surface area (Å²) < 4.78 is 10.4. The molecule has 2 amide bonds. The summed E-state index contributed by atoms with van der Waals surface area (Å²) in [6.07, 6.45) is 3.00. The molecule has 0 aliphatic carbocycles. The second-order valence-electron chi connectivity index (χ2n) is 5.64. The highest BCUT2D eigenvalue weighted by Crippen LogP contribution is 2.41. The molecule has 2 aromatic rings. The molecule has 1 aliphatic heterocycles. The summed E-state index contributed by atoms with van der Waals surface area (Å²) >= 11 is 7.26. The number of hydrogen-bond donors (Lipinski definition) is 1. The average molecular weight is 410 g/mol. The van der Waals surface area contributed by atoms with Gasteiger partial charge in [-0.25, -0.2) is 9.78 Å². The van der Waals surface area contributed by atoms with Crippen LogP contribution >= 0.6 is 23.4 Å². The summed E-state index contributed by atoms with van der Waals surface area (Å²) in [5, 5.41) is 2.24. The number of pyridine rings is 1. The average Bonchev–Trinajstić information content (AvgIpc) is 3.30. The molecule has 0 aromatic carbocycles. The quantitative estimate of drug-likeness (QED) is 0.597. The van der Waals surface area contributed by atoms with Gasteiger partial charge in [0.2, 0.25) is 5.91 Å². The minimum absolute atomic E-state index is 0.133. The SMILES string of the molecule is CC(=O)N1[C@@H](C(=O)OCC(=O)Nc2cccnc2Cl)CS[C@@H]1c1ccco1. The molecule has 8 nitrogen and oxygen atoms in total. The molecule has 10 heteroatoms. The first-order chi connectivity index (χ1) is 13.0. The summed E-state index contributed by atoms with van der Waals surface area (Å²) in [5.41, 5.74) is 0.319. The summed E-state index contributed by atoms with van der Waals surface area (Å²) in [7, 11) is 0. The Morgan fingerprint density at radius 2 is 2.22 bits per heavy atom. The van der Waals surface area contributed by atoms with Gasteiger partial charge in [-0.1, -0.05) is 11.6 Å². The van der Waals surface area contributed by atoms with E-state index in [1.165, 1.54) is 36.0 Å². The number of amides is 2. The third-order valence-electron chi connectivity index (χ3n) is 3.80. The molecule has 2 aromatic heterocycles. The number of carbonyl (C=O) groups excluding carboxylic acids is 3. The topological polar surface area (TPSA) is 102 Å². The number of nitrogens with zero attached hydrogens (tertiary/aromatic N) is 2. The zero-order valence-electron chi connectivity index (χ0n) is 14.3. The van der Waals surface area contributed by atoms with E-state index in [1.54, 1.807) is 24.3 Å². The number of esters is 1. The Kier molecular flexibility index (Phi) is 6.02. The van der Waals surface area contributed by atoms with E-state index in [9.17, 15) is 14.4 Å². The number of halogens is 1. The van der Waals surface area contributed by atoms with Crippen LogP contribution in [0.5, 0.6) is 0 Å². The van der Waals surface area contributed by atoms with Crippen LogP contribution in [-0.4, -0.2) is 46.1 Å². The van der Waals surface area contributed by atoms with Crippen molar-refractivity contribution in [2.75, 3.05) is 17.7 Å². The van der Waals surface area contributed by atoms with Gasteiger partial charge in [-0.15, -0.1) is 11.8 Å². The van der Waals surface area contributed by atoms with Crippen molar-refractivity contribution in [3.8, 4) is 0 Å². The lowest BCUT2D eigenvalue weighted by molar-refractivity contribution is -0.155. The van der Waals surface area contributed by atoms with Crippen molar-refractivity contribution in [3.05, 3.63) is 47.6 Å². The maximum atomic E-state index is 12.4. The second kappa shape index (κ2) is 8.45. The fourth-order valence-electron chi connectivity index (χ4n) is 2.62. The molecule has 1 saturated heterocycles. The van der Waals surface area contributed by atoms with Gasteiger partial charge in [0.15, 0.2) is 11.8 Å². The van der Waals surface area contributed by atoms with E-state index in [0.29, 0.717) is 17.2 Å². The van der Waals surface area contributed by atoms with Crippen molar-refractivity contribution in [3.63, 3.8) is 0 Å². The molecule has 0 radical (unpaired) electrons. The van der Waals surface area contributed by atoms with Gasteiger partial charge in [-0.3, -0.25) is 9.59 Å². The molecule has 27 heavy (non-hydrogen) atoms. The van der Waals surface area contributed by atoms with Crippen LogP contribution in [0.15, 0.2) is 41.1 Å². The molecule has 3 rings (SSSR count). The van der Waals surface area contributed by atoms with Crippen LogP contribution in [-0.2, 0) is 19.1 Å². The van der Waals surface area contributed by atoms with E-state index >= 15 is 0 Å². The van der Waals surface area contributed by atoms with E-state index in [0.717, 1.165) is 0 Å². The van der Waals surface area contributed by atoms with Crippen LogP contribution in [0.3, 0.4) is 0 Å². The number of hydrogen-bond acceptors (Lipinski definition) is 7. The Labute approximate surface area is 164 Å². The van der Waals surface area contributed by atoms with Crippen LogP contribution in [0.4, 0.5) is 5.69 Å². The molecule has 1 N–H and O–H groups in total. The van der Waals surface area contributed by atoms with Crippen molar-refractivity contribution in [1.29, 1.82) is 0 Å². The fraction of sp³-hybridized carbons (Fsp3) is 0.294. The van der Waals surface area contributed by atoms with Crippen LogP contribution in [0.25, 0.3) is 0 Å². The van der Waals surface area contributed by atoms with Crippen molar-refractivity contribution in [2.45, 2.75) is 18.3 Å². The maximum Gasteiger partial charge on any atom is 0.330 e. The fourth-order valence-corrected chi connectivity index (χ4v) is 4.20. The van der Waals surface area contributed by atoms with E-state index in [4.69, 9.17) is 20.8 Å². The normalized spacial score (nSPS) is 19.0. The number of rotatable bonds is 5. The van der Waals surface area contributed by atoms with Gasteiger partial charge in [0.05, 0.1) is 12.0 Å². The first-order valence-electron chi connectivity index (χ1n) is 7.98. The van der Waals surface area contributed by atoms with Gasteiger partial charge in [0.1, 0.15) is 17.2 Å². The van der Waals surface area contributed by atoms with Gasteiger partial charge in [-0.05, 0) is 24.3 Å². The van der Waals surface area contributed by atoms with Gasteiger partial charge in [0.25, 0.3) is 5.91 Å². The second-order valence-corrected chi connectivity index (χ2v) is 7.11. The molecule has 142 valence electrons. The number of carbonyl (C=O) groups is 3. The molecular formula is C17H16ClN3O5S. The number of aromatic nitrogens is 1. The summed E-state index contributed by atoms with van der Waals surface area (Å²) in [6.45, 7) is 0.877. The molecule has 1 fully saturated rings. The number of thioether (sulfide) groups is 1. The molecule has 0 unspecified atom stereocenters. The minimum atomic E-state index is -0.794. The van der Waals surface area contributed by atoms with E-state index < -0.39 is 29.9 Å². The maximum absolute atomic E-state index is 12.4. The highest BCUT2D eigenvalue weighted by Gasteiger charge is 2.43. The van der Waals surface area contributed by atoms with Crippen LogP contribution in [0, 0.1) is 0 Å². The van der Waals surface area contributed by atoms with E-state index in [1.807, 2.05) is 0 Å². The third-order valence-corrected chi connectivity index (χ3v) is 5.39. The smallest absolute Gasteiger partial charge is 0.330 e.